The van der Waals surface area contributed by atoms with Crippen LogP contribution in [0.4, 0.5) is 4.79 Å². The minimum absolute atomic E-state index is 0.0901. The molecule has 1 fully saturated rings. The van der Waals surface area contributed by atoms with Crippen LogP contribution in [0.3, 0.4) is 0 Å². The maximum atomic E-state index is 11.5. The number of morpholine rings is 1. The summed E-state index contributed by atoms with van der Waals surface area (Å²) in [5.41, 5.74) is 0. The van der Waals surface area contributed by atoms with Gasteiger partial charge in [0.2, 0.25) is 0 Å². The summed E-state index contributed by atoms with van der Waals surface area (Å²) in [6, 6.07) is -0.269. The van der Waals surface area contributed by atoms with E-state index in [1.165, 1.54) is 4.90 Å². The van der Waals surface area contributed by atoms with Gasteiger partial charge in [0.1, 0.15) is 0 Å². The second-order valence-corrected chi connectivity index (χ2v) is 3.54. The predicted molar refractivity (Wildman–Crippen MR) is 50.0 cm³/mol. The first-order chi connectivity index (χ1) is 6.65. The summed E-state index contributed by atoms with van der Waals surface area (Å²) in [6.45, 7) is 4.87. The lowest BCUT2D eigenvalue weighted by Crippen LogP contribution is -2.51. The lowest BCUT2D eigenvalue weighted by atomic mass is 10.2. The first-order valence-electron chi connectivity index (χ1n) is 4.81. The van der Waals surface area contributed by atoms with Gasteiger partial charge < -0.3 is 14.6 Å². The zero-order chi connectivity index (χ0) is 10.6. The summed E-state index contributed by atoms with van der Waals surface area (Å²) in [7, 11) is 0. The van der Waals surface area contributed by atoms with Crippen LogP contribution in [-0.4, -0.2) is 54.6 Å². The number of carbonyl (C=O) groups is 1. The van der Waals surface area contributed by atoms with E-state index >= 15 is 0 Å². The van der Waals surface area contributed by atoms with Crippen LogP contribution in [0.25, 0.3) is 0 Å². The predicted octanol–water partition coefficient (Wildman–Crippen LogP) is 0.224. The molecule has 0 radical (unpaired) electrons. The Labute approximate surface area is 83.6 Å². The van der Waals surface area contributed by atoms with Crippen molar-refractivity contribution in [3.8, 4) is 0 Å². The van der Waals surface area contributed by atoms with Crippen molar-refractivity contribution in [1.82, 2.24) is 4.90 Å². The molecule has 1 saturated heterocycles. The van der Waals surface area contributed by atoms with Gasteiger partial charge in [-0.25, -0.2) is 4.79 Å². The molecule has 1 unspecified atom stereocenters. The molecule has 1 rings (SSSR count). The molecule has 0 aromatic rings. The van der Waals surface area contributed by atoms with E-state index in [0.29, 0.717) is 19.8 Å². The molecule has 1 amide bonds. The largest absolute Gasteiger partial charge is 0.447 e. The molecule has 0 aromatic carbocycles. The van der Waals surface area contributed by atoms with Crippen molar-refractivity contribution in [2.45, 2.75) is 26.0 Å². The van der Waals surface area contributed by atoms with E-state index in [1.807, 2.05) is 0 Å². The van der Waals surface area contributed by atoms with Gasteiger partial charge in [-0.1, -0.05) is 0 Å². The first-order valence-corrected chi connectivity index (χ1v) is 4.81. The van der Waals surface area contributed by atoms with Crippen LogP contribution >= 0.6 is 0 Å². The maximum absolute atomic E-state index is 11.5. The molecule has 5 nitrogen and oxygen atoms in total. The number of nitrogens with zero attached hydrogens (tertiary/aromatic N) is 1. The maximum Gasteiger partial charge on any atom is 0.410 e. The van der Waals surface area contributed by atoms with Crippen LogP contribution in [0.1, 0.15) is 13.8 Å². The smallest absolute Gasteiger partial charge is 0.410 e. The lowest BCUT2D eigenvalue weighted by Gasteiger charge is -2.33. The Balaban J connectivity index is 2.50. The van der Waals surface area contributed by atoms with E-state index in [2.05, 4.69) is 0 Å². The third-order valence-electron chi connectivity index (χ3n) is 2.01. The Morgan fingerprint density at radius 3 is 3.00 bits per heavy atom. The van der Waals surface area contributed by atoms with Gasteiger partial charge in [-0.2, -0.15) is 0 Å². The van der Waals surface area contributed by atoms with Crippen LogP contribution in [0.15, 0.2) is 0 Å². The zero-order valence-electron chi connectivity index (χ0n) is 8.60. The third-order valence-corrected chi connectivity index (χ3v) is 2.01. The highest BCUT2D eigenvalue weighted by Gasteiger charge is 2.28. The Morgan fingerprint density at radius 2 is 2.43 bits per heavy atom. The van der Waals surface area contributed by atoms with Crippen molar-refractivity contribution >= 4 is 6.09 Å². The molecule has 0 spiro atoms. The van der Waals surface area contributed by atoms with Crippen molar-refractivity contribution in [3.63, 3.8) is 0 Å². The number of hydrogen-bond acceptors (Lipinski definition) is 4. The fourth-order valence-corrected chi connectivity index (χ4v) is 1.32. The molecule has 5 heteroatoms. The van der Waals surface area contributed by atoms with Gasteiger partial charge in [-0.15, -0.1) is 0 Å². The Hall–Kier alpha value is -0.810. The summed E-state index contributed by atoms with van der Waals surface area (Å²) in [6.07, 6.45) is -0.507. The Kier molecular flexibility index (Phi) is 4.16. The number of rotatable bonds is 2. The van der Waals surface area contributed by atoms with Gasteiger partial charge >= 0.3 is 6.09 Å². The highest BCUT2D eigenvalue weighted by atomic mass is 16.6. The van der Waals surface area contributed by atoms with E-state index in [-0.39, 0.29) is 24.8 Å². The van der Waals surface area contributed by atoms with E-state index in [4.69, 9.17) is 14.6 Å². The first kappa shape index (κ1) is 11.3. The number of aliphatic hydroxyl groups is 1. The number of carbonyl (C=O) groups excluding carboxylic acids is 1. The van der Waals surface area contributed by atoms with Crippen LogP contribution in [-0.2, 0) is 9.47 Å². The van der Waals surface area contributed by atoms with E-state index in [0.717, 1.165) is 0 Å². The fourth-order valence-electron chi connectivity index (χ4n) is 1.32. The van der Waals surface area contributed by atoms with Crippen molar-refractivity contribution in [3.05, 3.63) is 0 Å². The van der Waals surface area contributed by atoms with Crippen LogP contribution < -0.4 is 0 Å². The van der Waals surface area contributed by atoms with Crippen LogP contribution in [0.2, 0.25) is 0 Å². The summed E-state index contributed by atoms with van der Waals surface area (Å²) >= 11 is 0. The molecule has 1 heterocycles. The second kappa shape index (κ2) is 5.17. The summed E-state index contributed by atoms with van der Waals surface area (Å²) in [5.74, 6) is 0. The molecule has 1 aliphatic rings. The zero-order valence-corrected chi connectivity index (χ0v) is 8.60. The van der Waals surface area contributed by atoms with Crippen molar-refractivity contribution < 1.29 is 19.4 Å². The van der Waals surface area contributed by atoms with Crippen molar-refractivity contribution in [1.29, 1.82) is 0 Å². The molecule has 0 bridgehead atoms. The minimum atomic E-state index is -0.373. The number of hydrogen-bond donors (Lipinski definition) is 1. The number of amides is 1. The molecule has 1 N–H and O–H groups in total. The van der Waals surface area contributed by atoms with Gasteiger partial charge in [0.15, 0.2) is 0 Å². The summed E-state index contributed by atoms with van der Waals surface area (Å²) < 4.78 is 10.2. The van der Waals surface area contributed by atoms with Crippen molar-refractivity contribution in [2.75, 3.05) is 26.4 Å². The number of ether oxygens (including phenoxy) is 2. The minimum Gasteiger partial charge on any atom is -0.447 e. The van der Waals surface area contributed by atoms with Crippen LogP contribution in [0, 0.1) is 0 Å². The average Bonchev–Trinajstić information content (AvgIpc) is 2.16. The highest BCUT2D eigenvalue weighted by molar-refractivity contribution is 5.68. The van der Waals surface area contributed by atoms with Gasteiger partial charge in [0, 0.05) is 6.54 Å². The topological polar surface area (TPSA) is 59.0 Å². The second-order valence-electron chi connectivity index (χ2n) is 3.54. The van der Waals surface area contributed by atoms with Gasteiger partial charge in [0.25, 0.3) is 0 Å². The molecular weight excluding hydrogens is 186 g/mol. The average molecular weight is 203 g/mol. The Bertz CT molecular complexity index is 195. The standard InChI is InChI=1S/C9H17NO4/c1-7(2)14-9(12)10-3-4-13-6-8(10)5-11/h7-8,11H,3-6H2,1-2H3. The summed E-state index contributed by atoms with van der Waals surface area (Å²) in [4.78, 5) is 13.0. The fraction of sp³-hybridized carbons (Fsp3) is 0.889. The molecule has 0 aromatic heterocycles. The van der Waals surface area contributed by atoms with Gasteiger partial charge in [0.05, 0.1) is 32.0 Å². The highest BCUT2D eigenvalue weighted by Crippen LogP contribution is 2.09. The van der Waals surface area contributed by atoms with Gasteiger partial charge in [-0.3, -0.25) is 4.90 Å². The lowest BCUT2D eigenvalue weighted by molar-refractivity contribution is -0.0309. The molecular formula is C9H17NO4. The monoisotopic (exact) mass is 203 g/mol. The van der Waals surface area contributed by atoms with Crippen molar-refractivity contribution in [2.24, 2.45) is 0 Å². The third kappa shape index (κ3) is 2.85. The quantitative estimate of drug-likeness (QED) is 0.697. The molecule has 0 saturated carbocycles. The molecule has 82 valence electrons. The van der Waals surface area contributed by atoms with Crippen LogP contribution in [0.5, 0.6) is 0 Å². The van der Waals surface area contributed by atoms with E-state index in [9.17, 15) is 4.79 Å². The SMILES string of the molecule is CC(C)OC(=O)N1CCOCC1CO. The Morgan fingerprint density at radius 1 is 1.71 bits per heavy atom. The normalized spacial score (nSPS) is 22.6. The van der Waals surface area contributed by atoms with E-state index in [1.54, 1.807) is 13.8 Å². The van der Waals surface area contributed by atoms with Gasteiger partial charge in [-0.05, 0) is 13.8 Å². The molecule has 0 aliphatic carbocycles. The van der Waals surface area contributed by atoms with E-state index < -0.39 is 0 Å². The molecule has 1 aliphatic heterocycles. The molecule has 14 heavy (non-hydrogen) atoms. The molecule has 1 atom stereocenters. The number of aliphatic hydroxyl groups excluding tert-OH is 1. The summed E-state index contributed by atoms with van der Waals surface area (Å²) in [5, 5.41) is 9.02.